The van der Waals surface area contributed by atoms with Crippen LogP contribution in [-0.4, -0.2) is 32.3 Å². The summed E-state index contributed by atoms with van der Waals surface area (Å²) < 4.78 is 16.5. The van der Waals surface area contributed by atoms with E-state index in [9.17, 15) is 0 Å². The number of rotatable bonds is 10. The molecule has 1 rings (SSSR count). The second kappa shape index (κ2) is 13.5. The van der Waals surface area contributed by atoms with Gasteiger partial charge in [0.2, 0.25) is 5.90 Å². The molecule has 0 atom stereocenters. The maximum Gasteiger partial charge on any atom is 0.222 e. The van der Waals surface area contributed by atoms with Gasteiger partial charge in [0.05, 0.1) is 10.0 Å². The van der Waals surface area contributed by atoms with Gasteiger partial charge < -0.3 is 19.0 Å². The van der Waals surface area contributed by atoms with Crippen LogP contribution in [0.15, 0.2) is 38.4 Å². The van der Waals surface area contributed by atoms with Gasteiger partial charge in [-0.1, -0.05) is 74.8 Å². The summed E-state index contributed by atoms with van der Waals surface area (Å²) >= 11 is 34.2. The van der Waals surface area contributed by atoms with Crippen molar-refractivity contribution in [2.45, 2.75) is 6.92 Å². The van der Waals surface area contributed by atoms with E-state index in [1.165, 1.54) is 12.2 Å². The summed E-state index contributed by atoms with van der Waals surface area (Å²) in [4.78, 5) is 4.92. The normalized spacial score (nSPS) is 10.9. The van der Waals surface area contributed by atoms with Crippen LogP contribution < -0.4 is 9.47 Å². The maximum absolute atomic E-state index is 6.16. The van der Waals surface area contributed by atoms with E-state index >= 15 is 0 Å². The fraction of sp³-hybridized carbons (Fsp3) is 0.312. The molecular weight excluding hydrogens is 483 g/mol. The third-order valence-corrected chi connectivity index (χ3v) is 3.78. The molecule has 0 spiro atoms. The zero-order valence-corrected chi connectivity index (χ0v) is 18.5. The van der Waals surface area contributed by atoms with Crippen LogP contribution >= 0.6 is 69.6 Å². The molecular formula is C16H15Cl6NO4. The average Bonchev–Trinajstić information content (AvgIpc) is 2.57. The molecule has 0 aromatic heterocycles. The minimum atomic E-state index is 0.0988. The second-order valence-electron chi connectivity index (χ2n) is 4.62. The lowest BCUT2D eigenvalue weighted by Gasteiger charge is -2.12. The van der Waals surface area contributed by atoms with Crippen molar-refractivity contribution in [3.8, 4) is 11.5 Å². The molecule has 0 fully saturated rings. The number of halogens is 6. The molecule has 0 radical (unpaired) electrons. The van der Waals surface area contributed by atoms with E-state index in [4.69, 9.17) is 88.7 Å². The molecule has 0 bridgehead atoms. The highest BCUT2D eigenvalue weighted by molar-refractivity contribution is 6.56. The maximum atomic E-state index is 6.16. The smallest absolute Gasteiger partial charge is 0.222 e. The fourth-order valence-corrected chi connectivity index (χ4v) is 2.37. The Labute approximate surface area is 187 Å². The second-order valence-corrected chi connectivity index (χ2v) is 7.45. The molecule has 1 aromatic carbocycles. The number of nitrogens with zero attached hydrogens (tertiary/aromatic N) is 1. The Morgan fingerprint density at radius 1 is 0.926 bits per heavy atom. The Bertz CT molecular complexity index is 677. The standard InChI is InChI=1S/C16H15Cl6NO4/c1-10(23-27-5-3-15(21)22)24-6-7-26-16-12(17)8-11(9-13(16)18)25-4-2-14(19)20/h2-3,8-9H,4-7H2,1H3. The van der Waals surface area contributed by atoms with Gasteiger partial charge in [0.1, 0.15) is 41.2 Å². The van der Waals surface area contributed by atoms with Gasteiger partial charge in [0, 0.05) is 19.1 Å². The molecule has 0 saturated heterocycles. The first-order valence-corrected chi connectivity index (χ1v) is 9.62. The lowest BCUT2D eigenvalue weighted by Crippen LogP contribution is -2.11. The number of hydrogen-bond donors (Lipinski definition) is 0. The Morgan fingerprint density at radius 3 is 2.11 bits per heavy atom. The molecule has 1 aromatic rings. The molecule has 0 amide bonds. The van der Waals surface area contributed by atoms with E-state index in [1.54, 1.807) is 19.1 Å². The van der Waals surface area contributed by atoms with Gasteiger partial charge in [-0.15, -0.1) is 0 Å². The molecule has 0 aliphatic heterocycles. The van der Waals surface area contributed by atoms with Crippen molar-refractivity contribution >= 4 is 75.5 Å². The molecule has 0 unspecified atom stereocenters. The Morgan fingerprint density at radius 2 is 1.52 bits per heavy atom. The number of oxime groups is 1. The molecule has 0 N–H and O–H groups in total. The Kier molecular flexibility index (Phi) is 12.2. The Balaban J connectivity index is 2.45. The van der Waals surface area contributed by atoms with Crippen molar-refractivity contribution in [3.05, 3.63) is 43.3 Å². The number of hydrogen-bond acceptors (Lipinski definition) is 5. The van der Waals surface area contributed by atoms with E-state index in [0.29, 0.717) is 17.4 Å². The van der Waals surface area contributed by atoms with Crippen molar-refractivity contribution in [2.75, 3.05) is 26.4 Å². The van der Waals surface area contributed by atoms with Gasteiger partial charge in [0.25, 0.3) is 0 Å². The molecule has 0 heterocycles. The summed E-state index contributed by atoms with van der Waals surface area (Å²) in [7, 11) is 0. The van der Waals surface area contributed by atoms with Crippen LogP contribution in [0, 0.1) is 0 Å². The van der Waals surface area contributed by atoms with Crippen LogP contribution in [0.5, 0.6) is 11.5 Å². The minimum absolute atomic E-state index is 0.0988. The third kappa shape index (κ3) is 11.0. The highest BCUT2D eigenvalue weighted by Gasteiger charge is 2.11. The van der Waals surface area contributed by atoms with E-state index in [-0.39, 0.29) is 45.5 Å². The minimum Gasteiger partial charge on any atom is -0.489 e. The predicted molar refractivity (Wildman–Crippen MR) is 112 cm³/mol. The van der Waals surface area contributed by atoms with Crippen molar-refractivity contribution in [2.24, 2.45) is 5.16 Å². The van der Waals surface area contributed by atoms with E-state index in [0.717, 1.165) is 0 Å². The zero-order valence-electron chi connectivity index (χ0n) is 14.0. The van der Waals surface area contributed by atoms with Crippen LogP contribution in [0.3, 0.4) is 0 Å². The van der Waals surface area contributed by atoms with Crippen LogP contribution in [0.25, 0.3) is 0 Å². The molecule has 150 valence electrons. The molecule has 0 aliphatic carbocycles. The largest absolute Gasteiger partial charge is 0.489 e. The number of ether oxygens (including phenoxy) is 3. The first-order valence-electron chi connectivity index (χ1n) is 7.36. The van der Waals surface area contributed by atoms with Crippen LogP contribution in [0.4, 0.5) is 0 Å². The molecule has 27 heavy (non-hydrogen) atoms. The molecule has 0 aliphatic rings. The third-order valence-electron chi connectivity index (χ3n) is 2.61. The summed E-state index contributed by atoms with van der Waals surface area (Å²) in [6, 6.07) is 3.13. The summed E-state index contributed by atoms with van der Waals surface area (Å²) in [6.45, 7) is 2.32. The molecule has 5 nitrogen and oxygen atoms in total. The predicted octanol–water partition coefficient (Wildman–Crippen LogP) is 6.76. The summed E-state index contributed by atoms with van der Waals surface area (Å²) in [5, 5.41) is 4.29. The van der Waals surface area contributed by atoms with Gasteiger partial charge in [-0.05, 0) is 12.2 Å². The summed E-state index contributed by atoms with van der Waals surface area (Å²) in [5.74, 6) is 1.07. The highest BCUT2D eigenvalue weighted by atomic mass is 35.5. The lowest BCUT2D eigenvalue weighted by atomic mass is 10.3. The van der Waals surface area contributed by atoms with Crippen molar-refractivity contribution in [1.29, 1.82) is 0 Å². The highest BCUT2D eigenvalue weighted by Crippen LogP contribution is 2.37. The van der Waals surface area contributed by atoms with Crippen LogP contribution in [0.1, 0.15) is 6.92 Å². The SMILES string of the molecule is CC(=NOCC=C(Cl)Cl)OCCOc1c(Cl)cc(OCC=C(Cl)Cl)cc1Cl. The van der Waals surface area contributed by atoms with Gasteiger partial charge in [-0.3, -0.25) is 0 Å². The summed E-state index contributed by atoms with van der Waals surface area (Å²) in [5.41, 5.74) is 0. The van der Waals surface area contributed by atoms with Gasteiger partial charge in [-0.2, -0.15) is 0 Å². The number of benzene rings is 1. The van der Waals surface area contributed by atoms with E-state index < -0.39 is 0 Å². The Hall–Kier alpha value is -0.690. The quantitative estimate of drug-likeness (QED) is 0.155. The van der Waals surface area contributed by atoms with Crippen molar-refractivity contribution in [3.63, 3.8) is 0 Å². The monoisotopic (exact) mass is 495 g/mol. The van der Waals surface area contributed by atoms with E-state index in [1.807, 2.05) is 0 Å². The fourth-order valence-electron chi connectivity index (χ4n) is 1.55. The van der Waals surface area contributed by atoms with Crippen molar-refractivity contribution < 1.29 is 19.0 Å². The van der Waals surface area contributed by atoms with Gasteiger partial charge >= 0.3 is 0 Å². The molecule has 0 saturated carbocycles. The van der Waals surface area contributed by atoms with Gasteiger partial charge in [-0.25, -0.2) is 0 Å². The molecule has 11 heteroatoms. The topological polar surface area (TPSA) is 49.3 Å². The first kappa shape index (κ1) is 24.3. The van der Waals surface area contributed by atoms with E-state index in [2.05, 4.69) is 5.16 Å². The zero-order chi connectivity index (χ0) is 20.2. The van der Waals surface area contributed by atoms with Crippen LogP contribution in [-0.2, 0) is 9.57 Å². The summed E-state index contributed by atoms with van der Waals surface area (Å²) in [6.07, 6.45) is 2.93. The first-order chi connectivity index (χ1) is 12.8. The average molecular weight is 498 g/mol. The van der Waals surface area contributed by atoms with Crippen molar-refractivity contribution in [1.82, 2.24) is 0 Å². The van der Waals surface area contributed by atoms with Crippen LogP contribution in [0.2, 0.25) is 10.0 Å². The van der Waals surface area contributed by atoms with Gasteiger partial charge in [0.15, 0.2) is 5.75 Å². The lowest BCUT2D eigenvalue weighted by molar-refractivity contribution is 0.149.